The third-order valence-corrected chi connectivity index (χ3v) is 5.18. The van der Waals surface area contributed by atoms with Gasteiger partial charge in [-0.25, -0.2) is 0 Å². The van der Waals surface area contributed by atoms with Crippen LogP contribution in [-0.2, 0) is 0 Å². The first kappa shape index (κ1) is 15.7. The van der Waals surface area contributed by atoms with E-state index in [0.717, 1.165) is 5.75 Å². The number of benzene rings is 2. The van der Waals surface area contributed by atoms with E-state index in [2.05, 4.69) is 61.2 Å². The van der Waals surface area contributed by atoms with E-state index < -0.39 is 0 Å². The van der Waals surface area contributed by atoms with Gasteiger partial charge in [0, 0.05) is 5.92 Å². The van der Waals surface area contributed by atoms with Crippen LogP contribution in [0.5, 0.6) is 0 Å². The quantitative estimate of drug-likeness (QED) is 0.420. The summed E-state index contributed by atoms with van der Waals surface area (Å²) in [7, 11) is 0. The van der Waals surface area contributed by atoms with Crippen molar-refractivity contribution in [3.8, 4) is 11.1 Å². The molecule has 1 aliphatic rings. The fourth-order valence-corrected chi connectivity index (χ4v) is 3.96. The highest BCUT2D eigenvalue weighted by atomic mass is 32.1. The van der Waals surface area contributed by atoms with Gasteiger partial charge >= 0.3 is 0 Å². The first-order valence-corrected chi connectivity index (χ1v) is 9.34. The maximum atomic E-state index is 4.28. The Kier molecular flexibility index (Phi) is 5.61. The third-order valence-electron chi connectivity index (χ3n) is 4.86. The topological polar surface area (TPSA) is 0 Å². The molecule has 3 rings (SSSR count). The maximum Gasteiger partial charge on any atom is 0.0102 e. The number of fused-ring (bicyclic) bond motifs is 3. The predicted molar refractivity (Wildman–Crippen MR) is 99.9 cm³/mol. The summed E-state index contributed by atoms with van der Waals surface area (Å²) in [4.78, 5) is 0. The van der Waals surface area contributed by atoms with Crippen LogP contribution in [0.25, 0.3) is 11.1 Å². The van der Waals surface area contributed by atoms with Gasteiger partial charge in [-0.2, -0.15) is 12.6 Å². The Morgan fingerprint density at radius 2 is 1.14 bits per heavy atom. The molecule has 0 fully saturated rings. The standard InChI is InChI=1S/C21H26S/c22-16-10-4-2-1-3-5-11-17-18-12-6-8-14-20(18)21-15-9-7-13-19(17)21/h6-9,12-15,17,22H,1-5,10-11,16H2. The van der Waals surface area contributed by atoms with Crippen LogP contribution in [0.2, 0.25) is 0 Å². The zero-order chi connectivity index (χ0) is 15.2. The van der Waals surface area contributed by atoms with Gasteiger partial charge in [0.15, 0.2) is 0 Å². The number of rotatable bonds is 8. The summed E-state index contributed by atoms with van der Waals surface area (Å²) >= 11 is 4.28. The summed E-state index contributed by atoms with van der Waals surface area (Å²) in [6.07, 6.45) is 9.37. The summed E-state index contributed by atoms with van der Waals surface area (Å²) in [6, 6.07) is 17.9. The molecule has 0 nitrogen and oxygen atoms in total. The SMILES string of the molecule is SCCCCCCCCC1c2ccccc2-c2ccccc21. The zero-order valence-corrected chi connectivity index (χ0v) is 14.2. The van der Waals surface area contributed by atoms with E-state index in [4.69, 9.17) is 0 Å². The van der Waals surface area contributed by atoms with Crippen molar-refractivity contribution in [1.82, 2.24) is 0 Å². The van der Waals surface area contributed by atoms with Crippen molar-refractivity contribution in [2.75, 3.05) is 5.75 Å². The fourth-order valence-electron chi connectivity index (χ4n) is 3.74. The molecule has 0 amide bonds. The van der Waals surface area contributed by atoms with Gasteiger partial charge in [0.2, 0.25) is 0 Å². The third kappa shape index (κ3) is 3.41. The molecule has 0 bridgehead atoms. The van der Waals surface area contributed by atoms with Crippen LogP contribution in [0.3, 0.4) is 0 Å². The molecule has 0 N–H and O–H groups in total. The van der Waals surface area contributed by atoms with Crippen molar-refractivity contribution in [2.24, 2.45) is 0 Å². The van der Waals surface area contributed by atoms with E-state index in [1.165, 1.54) is 56.1 Å². The van der Waals surface area contributed by atoms with Crippen molar-refractivity contribution < 1.29 is 0 Å². The van der Waals surface area contributed by atoms with E-state index in [-0.39, 0.29) is 0 Å². The molecule has 0 aromatic heterocycles. The van der Waals surface area contributed by atoms with E-state index in [0.29, 0.717) is 5.92 Å². The van der Waals surface area contributed by atoms with Gasteiger partial charge in [0.05, 0.1) is 0 Å². The summed E-state index contributed by atoms with van der Waals surface area (Å²) in [5, 5.41) is 0. The first-order valence-electron chi connectivity index (χ1n) is 8.71. The lowest BCUT2D eigenvalue weighted by Crippen LogP contribution is -1.96. The molecular formula is C21H26S. The van der Waals surface area contributed by atoms with Gasteiger partial charge in [0.25, 0.3) is 0 Å². The van der Waals surface area contributed by atoms with Crippen molar-refractivity contribution >= 4 is 12.6 Å². The molecule has 0 unspecified atom stereocenters. The molecular weight excluding hydrogens is 284 g/mol. The average Bonchev–Trinajstić information content (AvgIpc) is 2.89. The van der Waals surface area contributed by atoms with Gasteiger partial charge in [-0.1, -0.05) is 80.6 Å². The van der Waals surface area contributed by atoms with Gasteiger partial charge in [-0.15, -0.1) is 0 Å². The smallest absolute Gasteiger partial charge is 0.0102 e. The minimum absolute atomic E-state index is 0.616. The molecule has 0 aliphatic heterocycles. The van der Waals surface area contributed by atoms with Gasteiger partial charge in [0.1, 0.15) is 0 Å². The lowest BCUT2D eigenvalue weighted by molar-refractivity contribution is 0.572. The molecule has 1 aliphatic carbocycles. The fraction of sp³-hybridized carbons (Fsp3) is 0.429. The summed E-state index contributed by atoms with van der Waals surface area (Å²) in [5.74, 6) is 1.65. The van der Waals surface area contributed by atoms with Gasteiger partial charge in [-0.3, -0.25) is 0 Å². The molecule has 0 saturated carbocycles. The van der Waals surface area contributed by atoms with E-state index in [9.17, 15) is 0 Å². The maximum absolute atomic E-state index is 4.28. The van der Waals surface area contributed by atoms with E-state index in [1.807, 2.05) is 0 Å². The van der Waals surface area contributed by atoms with Crippen LogP contribution in [-0.4, -0.2) is 5.75 Å². The Morgan fingerprint density at radius 1 is 0.636 bits per heavy atom. The van der Waals surface area contributed by atoms with Gasteiger partial charge < -0.3 is 0 Å². The highest BCUT2D eigenvalue weighted by Gasteiger charge is 2.27. The average molecular weight is 311 g/mol. The highest BCUT2D eigenvalue weighted by molar-refractivity contribution is 7.80. The molecule has 22 heavy (non-hydrogen) atoms. The molecule has 0 heterocycles. The normalized spacial score (nSPS) is 13.1. The minimum Gasteiger partial charge on any atom is -0.179 e. The second-order valence-corrected chi connectivity index (χ2v) is 6.81. The summed E-state index contributed by atoms with van der Waals surface area (Å²) in [5.41, 5.74) is 5.99. The molecule has 116 valence electrons. The number of thiol groups is 1. The van der Waals surface area contributed by atoms with Crippen LogP contribution in [0, 0.1) is 0 Å². The molecule has 2 aromatic carbocycles. The molecule has 2 aromatic rings. The van der Waals surface area contributed by atoms with Crippen LogP contribution < -0.4 is 0 Å². The molecule has 0 saturated heterocycles. The lowest BCUT2D eigenvalue weighted by Gasteiger charge is -2.13. The Labute approximate surface area is 140 Å². The Morgan fingerprint density at radius 3 is 1.73 bits per heavy atom. The summed E-state index contributed by atoms with van der Waals surface area (Å²) < 4.78 is 0. The second kappa shape index (κ2) is 7.87. The van der Waals surface area contributed by atoms with E-state index >= 15 is 0 Å². The largest absolute Gasteiger partial charge is 0.179 e. The van der Waals surface area contributed by atoms with Crippen LogP contribution in [0.15, 0.2) is 48.5 Å². The number of unbranched alkanes of at least 4 members (excludes halogenated alkanes) is 5. The lowest BCUT2D eigenvalue weighted by atomic mass is 9.91. The highest BCUT2D eigenvalue weighted by Crippen LogP contribution is 2.46. The first-order chi connectivity index (χ1) is 10.9. The minimum atomic E-state index is 0.616. The molecule has 1 heteroatoms. The van der Waals surface area contributed by atoms with Crippen LogP contribution in [0.4, 0.5) is 0 Å². The van der Waals surface area contributed by atoms with E-state index in [1.54, 1.807) is 11.1 Å². The van der Waals surface area contributed by atoms with Crippen molar-refractivity contribution in [3.63, 3.8) is 0 Å². The molecule has 0 atom stereocenters. The van der Waals surface area contributed by atoms with Crippen molar-refractivity contribution in [2.45, 2.75) is 50.9 Å². The van der Waals surface area contributed by atoms with Crippen LogP contribution >= 0.6 is 12.6 Å². The molecule has 0 radical (unpaired) electrons. The summed E-state index contributed by atoms with van der Waals surface area (Å²) in [6.45, 7) is 0. The number of hydrogen-bond donors (Lipinski definition) is 1. The van der Waals surface area contributed by atoms with Gasteiger partial charge in [-0.05, 0) is 40.8 Å². The zero-order valence-electron chi connectivity index (χ0n) is 13.3. The molecule has 0 spiro atoms. The van der Waals surface area contributed by atoms with Crippen LogP contribution in [0.1, 0.15) is 62.0 Å². The Hall–Kier alpha value is -1.21. The monoisotopic (exact) mass is 310 g/mol. The Bertz CT molecular complexity index is 557. The second-order valence-electron chi connectivity index (χ2n) is 6.36. The van der Waals surface area contributed by atoms with Crippen molar-refractivity contribution in [3.05, 3.63) is 59.7 Å². The van der Waals surface area contributed by atoms with Crippen molar-refractivity contribution in [1.29, 1.82) is 0 Å². The predicted octanol–water partition coefficient (Wildman–Crippen LogP) is 6.46. The number of hydrogen-bond acceptors (Lipinski definition) is 1. The Balaban J connectivity index is 1.60.